The number of benzene rings is 1. The number of hydrogen-bond donors (Lipinski definition) is 1. The molecule has 2 aromatic rings. The second-order valence-electron chi connectivity index (χ2n) is 2.92. The van der Waals surface area contributed by atoms with Gasteiger partial charge in [-0.2, -0.15) is 10.2 Å². The highest BCUT2D eigenvalue weighted by atomic mass is 16.5. The Morgan fingerprint density at radius 3 is 2.56 bits per heavy atom. The molecule has 6 heteroatoms. The van der Waals surface area contributed by atoms with Crippen LogP contribution in [0.25, 0.3) is 11.5 Å². The highest BCUT2D eigenvalue weighted by Gasteiger charge is 2.13. The lowest BCUT2D eigenvalue weighted by Crippen LogP contribution is -1.98. The van der Waals surface area contributed by atoms with E-state index in [1.165, 1.54) is 0 Å². The summed E-state index contributed by atoms with van der Waals surface area (Å²) >= 11 is 0. The Balaban J connectivity index is 2.36. The summed E-state index contributed by atoms with van der Waals surface area (Å²) in [7, 11) is 0. The standard InChI is InChI=1S/C10H5N3O3/c11-5-6-1-3-7(4-2-6)9-12-8(10(14)15)13-16-9/h1-4H,(H,14,15). The average Bonchev–Trinajstić information content (AvgIpc) is 2.78. The van der Waals surface area contributed by atoms with Crippen molar-refractivity contribution in [3.63, 3.8) is 0 Å². The number of aromatic carboxylic acids is 1. The van der Waals surface area contributed by atoms with Gasteiger partial charge in [-0.05, 0) is 29.4 Å². The molecule has 0 aliphatic heterocycles. The van der Waals surface area contributed by atoms with Gasteiger partial charge in [0.15, 0.2) is 0 Å². The van der Waals surface area contributed by atoms with E-state index in [1.54, 1.807) is 24.3 Å². The Bertz CT molecular complexity index is 566. The number of nitriles is 1. The fraction of sp³-hybridized carbons (Fsp3) is 0. The van der Waals surface area contributed by atoms with Crippen LogP contribution in [-0.4, -0.2) is 21.2 Å². The SMILES string of the molecule is N#Cc1ccc(-c2nc(C(=O)O)no2)cc1. The van der Waals surface area contributed by atoms with Crippen LogP contribution in [0.15, 0.2) is 28.8 Å². The smallest absolute Gasteiger partial charge is 0.377 e. The van der Waals surface area contributed by atoms with E-state index in [2.05, 4.69) is 10.1 Å². The first-order valence-corrected chi connectivity index (χ1v) is 4.28. The van der Waals surface area contributed by atoms with E-state index in [9.17, 15) is 4.79 Å². The molecular formula is C10H5N3O3. The average molecular weight is 215 g/mol. The van der Waals surface area contributed by atoms with Gasteiger partial charge in [0.05, 0.1) is 11.6 Å². The molecule has 0 unspecified atom stereocenters. The minimum absolute atomic E-state index is 0.113. The third kappa shape index (κ3) is 1.74. The van der Waals surface area contributed by atoms with E-state index >= 15 is 0 Å². The maximum atomic E-state index is 10.5. The molecule has 16 heavy (non-hydrogen) atoms. The zero-order valence-electron chi connectivity index (χ0n) is 7.91. The highest BCUT2D eigenvalue weighted by molar-refractivity contribution is 5.83. The Morgan fingerprint density at radius 2 is 2.06 bits per heavy atom. The number of carbonyl (C=O) groups is 1. The number of hydrogen-bond acceptors (Lipinski definition) is 5. The van der Waals surface area contributed by atoms with E-state index in [4.69, 9.17) is 14.9 Å². The van der Waals surface area contributed by atoms with Gasteiger partial charge in [-0.25, -0.2) is 4.79 Å². The third-order valence-electron chi connectivity index (χ3n) is 1.88. The number of nitrogens with zero attached hydrogens (tertiary/aromatic N) is 3. The van der Waals surface area contributed by atoms with Crippen LogP contribution in [0.4, 0.5) is 0 Å². The largest absolute Gasteiger partial charge is 0.475 e. The number of carboxylic acids is 1. The van der Waals surface area contributed by atoms with Crippen molar-refractivity contribution in [3.8, 4) is 17.5 Å². The summed E-state index contributed by atoms with van der Waals surface area (Å²) in [4.78, 5) is 14.2. The molecule has 0 aliphatic rings. The number of rotatable bonds is 2. The molecule has 78 valence electrons. The van der Waals surface area contributed by atoms with Gasteiger partial charge in [-0.1, -0.05) is 0 Å². The third-order valence-corrected chi connectivity index (χ3v) is 1.88. The zero-order chi connectivity index (χ0) is 11.5. The van der Waals surface area contributed by atoms with E-state index in [0.717, 1.165) is 0 Å². The van der Waals surface area contributed by atoms with Crippen LogP contribution in [0.1, 0.15) is 16.2 Å². The molecule has 1 aromatic heterocycles. The molecule has 6 nitrogen and oxygen atoms in total. The molecule has 0 atom stereocenters. The fourth-order valence-electron chi connectivity index (χ4n) is 1.11. The first-order chi connectivity index (χ1) is 7.70. The molecule has 1 aromatic carbocycles. The second kappa shape index (κ2) is 3.82. The van der Waals surface area contributed by atoms with Crippen LogP contribution in [0.2, 0.25) is 0 Å². The predicted molar refractivity (Wildman–Crippen MR) is 51.4 cm³/mol. The van der Waals surface area contributed by atoms with Crippen LogP contribution in [0, 0.1) is 11.3 Å². The molecule has 2 rings (SSSR count). The molecule has 0 radical (unpaired) electrons. The van der Waals surface area contributed by atoms with Gasteiger partial charge >= 0.3 is 5.97 Å². The maximum Gasteiger partial charge on any atom is 0.377 e. The summed E-state index contributed by atoms with van der Waals surface area (Å²) in [5.74, 6) is -1.52. The fourth-order valence-corrected chi connectivity index (χ4v) is 1.11. The van der Waals surface area contributed by atoms with Crippen molar-refractivity contribution >= 4 is 5.97 Å². The molecule has 0 aliphatic carbocycles. The lowest BCUT2D eigenvalue weighted by Gasteiger charge is -1.92. The molecule has 0 bridgehead atoms. The van der Waals surface area contributed by atoms with Gasteiger partial charge in [0.2, 0.25) is 0 Å². The number of aromatic nitrogens is 2. The number of carboxylic acid groups (broad SMARTS) is 1. The van der Waals surface area contributed by atoms with Gasteiger partial charge < -0.3 is 9.63 Å². The van der Waals surface area contributed by atoms with Crippen molar-refractivity contribution < 1.29 is 14.4 Å². The Labute approximate surface area is 89.8 Å². The first-order valence-electron chi connectivity index (χ1n) is 4.28. The van der Waals surface area contributed by atoms with Crippen molar-refractivity contribution in [2.75, 3.05) is 0 Å². The summed E-state index contributed by atoms with van der Waals surface area (Å²) in [6.45, 7) is 0. The molecule has 0 spiro atoms. The van der Waals surface area contributed by atoms with Gasteiger partial charge in [-0.15, -0.1) is 0 Å². The van der Waals surface area contributed by atoms with Crippen molar-refractivity contribution in [1.29, 1.82) is 5.26 Å². The van der Waals surface area contributed by atoms with E-state index < -0.39 is 5.97 Å². The normalized spacial score (nSPS) is 9.69. The Kier molecular flexibility index (Phi) is 2.36. The second-order valence-corrected chi connectivity index (χ2v) is 2.92. The molecule has 0 saturated carbocycles. The monoisotopic (exact) mass is 215 g/mol. The summed E-state index contributed by atoms with van der Waals surface area (Å²) in [6.07, 6.45) is 0. The van der Waals surface area contributed by atoms with Gasteiger partial charge in [-0.3, -0.25) is 0 Å². The lowest BCUT2D eigenvalue weighted by molar-refractivity contribution is 0.0680. The zero-order valence-corrected chi connectivity index (χ0v) is 7.91. The molecular weight excluding hydrogens is 210 g/mol. The van der Waals surface area contributed by atoms with E-state index in [-0.39, 0.29) is 11.7 Å². The van der Waals surface area contributed by atoms with Gasteiger partial charge in [0, 0.05) is 5.56 Å². The first kappa shape index (κ1) is 9.86. The van der Waals surface area contributed by atoms with Gasteiger partial charge in [0.1, 0.15) is 0 Å². The molecule has 1 heterocycles. The predicted octanol–water partition coefficient (Wildman–Crippen LogP) is 1.31. The minimum atomic E-state index is -1.25. The maximum absolute atomic E-state index is 10.5. The van der Waals surface area contributed by atoms with E-state index in [1.807, 2.05) is 6.07 Å². The quantitative estimate of drug-likeness (QED) is 0.810. The Morgan fingerprint density at radius 1 is 1.38 bits per heavy atom. The molecule has 1 N–H and O–H groups in total. The minimum Gasteiger partial charge on any atom is -0.475 e. The van der Waals surface area contributed by atoms with Crippen molar-refractivity contribution in [3.05, 3.63) is 35.7 Å². The van der Waals surface area contributed by atoms with Crippen molar-refractivity contribution in [2.24, 2.45) is 0 Å². The molecule has 0 amide bonds. The van der Waals surface area contributed by atoms with Crippen LogP contribution in [0.5, 0.6) is 0 Å². The summed E-state index contributed by atoms with van der Waals surface area (Å²) < 4.78 is 4.76. The van der Waals surface area contributed by atoms with Crippen LogP contribution in [0.3, 0.4) is 0 Å². The van der Waals surface area contributed by atoms with Crippen molar-refractivity contribution in [1.82, 2.24) is 10.1 Å². The summed E-state index contributed by atoms with van der Waals surface area (Å²) in [6, 6.07) is 8.35. The van der Waals surface area contributed by atoms with E-state index in [0.29, 0.717) is 11.1 Å². The van der Waals surface area contributed by atoms with Crippen LogP contribution >= 0.6 is 0 Å². The molecule has 0 saturated heterocycles. The van der Waals surface area contributed by atoms with Crippen LogP contribution in [-0.2, 0) is 0 Å². The van der Waals surface area contributed by atoms with Crippen LogP contribution < -0.4 is 0 Å². The lowest BCUT2D eigenvalue weighted by atomic mass is 10.1. The summed E-state index contributed by atoms with van der Waals surface area (Å²) in [5, 5.41) is 20.5. The van der Waals surface area contributed by atoms with Crippen molar-refractivity contribution in [2.45, 2.75) is 0 Å². The van der Waals surface area contributed by atoms with Gasteiger partial charge in [0.25, 0.3) is 11.7 Å². The molecule has 0 fully saturated rings. The highest BCUT2D eigenvalue weighted by Crippen LogP contribution is 2.17. The summed E-state index contributed by atoms with van der Waals surface area (Å²) in [5.41, 5.74) is 1.07. The Hall–Kier alpha value is -2.68. The topological polar surface area (TPSA) is 100 Å².